The molecular formula is C18H29ClN2O2. The van der Waals surface area contributed by atoms with Gasteiger partial charge < -0.3 is 15.4 Å². The van der Waals surface area contributed by atoms with Crippen LogP contribution >= 0.6 is 12.4 Å². The van der Waals surface area contributed by atoms with E-state index in [1.807, 2.05) is 43.9 Å². The van der Waals surface area contributed by atoms with Crippen LogP contribution < -0.4 is 5.73 Å². The van der Waals surface area contributed by atoms with Crippen molar-refractivity contribution in [1.82, 2.24) is 4.90 Å². The van der Waals surface area contributed by atoms with Crippen LogP contribution in [0.15, 0.2) is 30.3 Å². The van der Waals surface area contributed by atoms with Gasteiger partial charge in [-0.2, -0.15) is 0 Å². The van der Waals surface area contributed by atoms with Crippen molar-refractivity contribution < 1.29 is 9.53 Å². The summed E-state index contributed by atoms with van der Waals surface area (Å²) in [7, 11) is 0. The highest BCUT2D eigenvalue weighted by molar-refractivity contribution is 5.85. The van der Waals surface area contributed by atoms with E-state index < -0.39 is 5.41 Å². The van der Waals surface area contributed by atoms with Crippen molar-refractivity contribution in [3.05, 3.63) is 35.9 Å². The number of carbonyl (C=O) groups is 1. The fourth-order valence-corrected chi connectivity index (χ4v) is 3.23. The van der Waals surface area contributed by atoms with Crippen molar-refractivity contribution in [3.8, 4) is 0 Å². The Labute approximate surface area is 145 Å². The summed E-state index contributed by atoms with van der Waals surface area (Å²) in [5.74, 6) is 0.177. The molecule has 5 heteroatoms. The van der Waals surface area contributed by atoms with Crippen LogP contribution in [0, 0.1) is 5.41 Å². The van der Waals surface area contributed by atoms with Gasteiger partial charge in [-0.25, -0.2) is 0 Å². The predicted molar refractivity (Wildman–Crippen MR) is 95.6 cm³/mol. The summed E-state index contributed by atoms with van der Waals surface area (Å²) in [5, 5.41) is 0. The van der Waals surface area contributed by atoms with E-state index in [1.165, 1.54) is 0 Å². The van der Waals surface area contributed by atoms with E-state index in [0.29, 0.717) is 19.6 Å². The van der Waals surface area contributed by atoms with Gasteiger partial charge in [-0.3, -0.25) is 4.79 Å². The average molecular weight is 341 g/mol. The van der Waals surface area contributed by atoms with Crippen molar-refractivity contribution in [3.63, 3.8) is 0 Å². The fourth-order valence-electron chi connectivity index (χ4n) is 3.23. The number of morpholine rings is 1. The summed E-state index contributed by atoms with van der Waals surface area (Å²) in [6.45, 7) is 7.77. The zero-order chi connectivity index (χ0) is 16.2. The molecular weight excluding hydrogens is 312 g/mol. The summed E-state index contributed by atoms with van der Waals surface area (Å²) in [5.41, 5.74) is 6.63. The van der Waals surface area contributed by atoms with Gasteiger partial charge in [0, 0.05) is 13.1 Å². The molecule has 130 valence electrons. The highest BCUT2D eigenvalue weighted by atomic mass is 35.5. The SMILES string of the molecule is CCC(CC)(CN)C(=O)N1CC(C)OC(c2ccccc2)C1.Cl. The molecule has 1 amide bonds. The summed E-state index contributed by atoms with van der Waals surface area (Å²) in [6, 6.07) is 10.1. The third-order valence-electron chi connectivity index (χ3n) is 4.92. The maximum atomic E-state index is 13.0. The molecule has 0 radical (unpaired) electrons. The van der Waals surface area contributed by atoms with Crippen molar-refractivity contribution in [1.29, 1.82) is 0 Å². The maximum absolute atomic E-state index is 13.0. The molecule has 0 aliphatic carbocycles. The average Bonchev–Trinajstić information content (AvgIpc) is 2.57. The zero-order valence-electron chi connectivity index (χ0n) is 14.3. The third kappa shape index (κ3) is 4.25. The number of ether oxygens (including phenoxy) is 1. The second-order valence-corrected chi connectivity index (χ2v) is 6.25. The standard InChI is InChI=1S/C18H28N2O2.ClH/c1-4-18(5-2,13-19)17(21)20-11-14(3)22-16(12-20)15-9-7-6-8-10-15;/h6-10,14,16H,4-5,11-13,19H2,1-3H3;1H. The number of carbonyl (C=O) groups excluding carboxylic acids is 1. The first-order chi connectivity index (χ1) is 10.6. The lowest BCUT2D eigenvalue weighted by atomic mass is 9.80. The molecule has 2 unspecified atom stereocenters. The molecule has 1 fully saturated rings. The first-order valence-electron chi connectivity index (χ1n) is 8.26. The minimum atomic E-state index is -0.432. The summed E-state index contributed by atoms with van der Waals surface area (Å²) >= 11 is 0. The van der Waals surface area contributed by atoms with Crippen LogP contribution in [0.25, 0.3) is 0 Å². The van der Waals surface area contributed by atoms with Gasteiger partial charge in [0.05, 0.1) is 18.1 Å². The highest BCUT2D eigenvalue weighted by Gasteiger charge is 2.40. The molecule has 4 nitrogen and oxygen atoms in total. The Morgan fingerprint density at radius 1 is 1.26 bits per heavy atom. The van der Waals surface area contributed by atoms with Gasteiger partial charge in [-0.05, 0) is 25.3 Å². The summed E-state index contributed by atoms with van der Waals surface area (Å²) in [4.78, 5) is 15.0. The molecule has 1 aliphatic rings. The Morgan fingerprint density at radius 3 is 2.39 bits per heavy atom. The van der Waals surface area contributed by atoms with Crippen molar-refractivity contribution in [2.75, 3.05) is 19.6 Å². The topological polar surface area (TPSA) is 55.6 Å². The van der Waals surface area contributed by atoms with Crippen LogP contribution in [-0.4, -0.2) is 36.5 Å². The van der Waals surface area contributed by atoms with E-state index in [1.54, 1.807) is 0 Å². The predicted octanol–water partition coefficient (Wildman–Crippen LogP) is 3.16. The van der Waals surface area contributed by atoms with E-state index in [0.717, 1.165) is 18.4 Å². The number of nitrogens with two attached hydrogens (primary N) is 1. The van der Waals surface area contributed by atoms with Crippen LogP contribution in [0.1, 0.15) is 45.3 Å². The first kappa shape index (κ1) is 19.9. The van der Waals surface area contributed by atoms with Crippen LogP contribution in [-0.2, 0) is 9.53 Å². The molecule has 0 spiro atoms. The monoisotopic (exact) mass is 340 g/mol. The number of rotatable bonds is 5. The molecule has 1 saturated heterocycles. The van der Waals surface area contributed by atoms with E-state index in [2.05, 4.69) is 12.1 Å². The number of hydrogen-bond donors (Lipinski definition) is 1. The van der Waals surface area contributed by atoms with Gasteiger partial charge in [0.25, 0.3) is 0 Å². The first-order valence-corrected chi connectivity index (χ1v) is 8.26. The Kier molecular flexibility index (Phi) is 7.52. The lowest BCUT2D eigenvalue weighted by Crippen LogP contribution is -2.53. The van der Waals surface area contributed by atoms with Crippen LogP contribution in [0.4, 0.5) is 0 Å². The van der Waals surface area contributed by atoms with E-state index >= 15 is 0 Å². The zero-order valence-corrected chi connectivity index (χ0v) is 15.1. The van der Waals surface area contributed by atoms with Gasteiger partial charge >= 0.3 is 0 Å². The highest BCUT2D eigenvalue weighted by Crippen LogP contribution is 2.32. The maximum Gasteiger partial charge on any atom is 0.230 e. The molecule has 2 rings (SSSR count). The normalized spacial score (nSPS) is 21.7. The lowest BCUT2D eigenvalue weighted by molar-refractivity contribution is -0.155. The quantitative estimate of drug-likeness (QED) is 0.895. The Balaban J connectivity index is 0.00000264. The van der Waals surface area contributed by atoms with Crippen molar-refractivity contribution in [2.24, 2.45) is 11.1 Å². The number of benzene rings is 1. The number of hydrogen-bond acceptors (Lipinski definition) is 3. The molecule has 0 saturated carbocycles. The molecule has 0 aromatic heterocycles. The summed E-state index contributed by atoms with van der Waals surface area (Å²) in [6.07, 6.45) is 1.53. The smallest absolute Gasteiger partial charge is 0.230 e. The molecule has 1 aromatic rings. The molecule has 0 bridgehead atoms. The summed E-state index contributed by atoms with van der Waals surface area (Å²) < 4.78 is 6.04. The number of halogens is 1. The molecule has 1 aromatic carbocycles. The van der Waals surface area contributed by atoms with Gasteiger partial charge in [-0.15, -0.1) is 12.4 Å². The second-order valence-electron chi connectivity index (χ2n) is 6.25. The molecule has 1 aliphatic heterocycles. The minimum Gasteiger partial charge on any atom is -0.367 e. The van der Waals surface area contributed by atoms with Gasteiger partial charge in [0.1, 0.15) is 6.10 Å². The van der Waals surface area contributed by atoms with Gasteiger partial charge in [0.15, 0.2) is 0 Å². The Hall–Kier alpha value is -1.10. The molecule has 2 N–H and O–H groups in total. The van der Waals surface area contributed by atoms with Gasteiger partial charge in [-0.1, -0.05) is 44.2 Å². The fraction of sp³-hybridized carbons (Fsp3) is 0.611. The van der Waals surface area contributed by atoms with E-state index in [4.69, 9.17) is 10.5 Å². The van der Waals surface area contributed by atoms with Crippen molar-refractivity contribution >= 4 is 18.3 Å². The Morgan fingerprint density at radius 2 is 1.87 bits per heavy atom. The number of amides is 1. The number of nitrogens with zero attached hydrogens (tertiary/aromatic N) is 1. The molecule has 1 heterocycles. The third-order valence-corrected chi connectivity index (χ3v) is 4.92. The lowest BCUT2D eigenvalue weighted by Gasteiger charge is -2.42. The second kappa shape index (κ2) is 8.67. The largest absolute Gasteiger partial charge is 0.367 e. The van der Waals surface area contributed by atoms with Gasteiger partial charge in [0.2, 0.25) is 5.91 Å². The van der Waals surface area contributed by atoms with Crippen molar-refractivity contribution in [2.45, 2.75) is 45.8 Å². The van der Waals surface area contributed by atoms with E-state index in [-0.39, 0.29) is 30.5 Å². The van der Waals surface area contributed by atoms with Crippen LogP contribution in [0.5, 0.6) is 0 Å². The van der Waals surface area contributed by atoms with E-state index in [9.17, 15) is 4.79 Å². The molecule has 23 heavy (non-hydrogen) atoms. The molecule has 2 atom stereocenters. The Bertz CT molecular complexity index is 483. The van der Waals surface area contributed by atoms with Crippen LogP contribution in [0.2, 0.25) is 0 Å². The minimum absolute atomic E-state index is 0. The van der Waals surface area contributed by atoms with Crippen LogP contribution in [0.3, 0.4) is 0 Å².